The van der Waals surface area contributed by atoms with Crippen molar-refractivity contribution in [1.82, 2.24) is 0 Å². The van der Waals surface area contributed by atoms with E-state index >= 15 is 0 Å². The van der Waals surface area contributed by atoms with Crippen LogP contribution in [0.15, 0.2) is 38.0 Å². The van der Waals surface area contributed by atoms with Crippen LogP contribution in [0.1, 0.15) is 13.8 Å². The van der Waals surface area contributed by atoms with Crippen molar-refractivity contribution in [2.75, 3.05) is 13.2 Å². The number of carboxylic acids is 1. The number of ether oxygens (including phenoxy) is 2. The van der Waals surface area contributed by atoms with Crippen LogP contribution in [0.3, 0.4) is 0 Å². The maximum absolute atomic E-state index is 11.9. The van der Waals surface area contributed by atoms with E-state index in [0.717, 1.165) is 31.4 Å². The van der Waals surface area contributed by atoms with Gasteiger partial charge in [0.1, 0.15) is 0 Å². The van der Waals surface area contributed by atoms with E-state index in [0.29, 0.717) is 0 Å². The lowest BCUT2D eigenvalue weighted by molar-refractivity contribution is -0.140. The number of aliphatic carboxylic acids is 1. The van der Waals surface area contributed by atoms with Crippen molar-refractivity contribution in [1.29, 1.82) is 0 Å². The van der Waals surface area contributed by atoms with E-state index in [1.165, 1.54) is 0 Å². The first-order valence-corrected chi connectivity index (χ1v) is 6.06. The third-order valence-electron chi connectivity index (χ3n) is 1.48. The quantitative estimate of drug-likeness (QED) is 0.696. The van der Waals surface area contributed by atoms with Crippen molar-refractivity contribution < 1.29 is 32.5 Å². The molecule has 0 bridgehead atoms. The zero-order valence-corrected chi connectivity index (χ0v) is 12.3. The number of alkyl halides is 3. The Hall–Kier alpha value is -1.60. The van der Waals surface area contributed by atoms with Crippen LogP contribution in [-0.2, 0) is 14.3 Å². The van der Waals surface area contributed by atoms with Gasteiger partial charge >= 0.3 is 5.97 Å². The molecule has 0 aliphatic heterocycles. The molecule has 0 saturated carbocycles. The van der Waals surface area contributed by atoms with Crippen LogP contribution in [0, 0.1) is 0 Å². The van der Waals surface area contributed by atoms with Crippen LogP contribution in [0.5, 0.6) is 0 Å². The van der Waals surface area contributed by atoms with Gasteiger partial charge in [-0.3, -0.25) is 0 Å². The lowest BCUT2D eigenvalue weighted by Gasteiger charge is -2.04. The van der Waals surface area contributed by atoms with Crippen molar-refractivity contribution >= 4 is 5.97 Å². The Morgan fingerprint density at radius 3 is 1.52 bits per heavy atom. The molecule has 0 saturated heterocycles. The molecule has 3 atom stereocenters. The third-order valence-corrected chi connectivity index (χ3v) is 1.48. The first kappa shape index (κ1) is 24.4. The molecular weight excluding hydrogens is 289 g/mol. The van der Waals surface area contributed by atoms with Gasteiger partial charge in [-0.05, 0) is 32.1 Å². The van der Waals surface area contributed by atoms with Gasteiger partial charge in [0.05, 0.1) is 0 Å². The van der Waals surface area contributed by atoms with E-state index in [4.69, 9.17) is 9.84 Å². The van der Waals surface area contributed by atoms with E-state index in [-0.39, 0.29) is 0 Å². The number of hydrogen-bond acceptors (Lipinski definition) is 3. The molecule has 0 heterocycles. The molecule has 0 amide bonds. The Morgan fingerprint density at radius 2 is 1.43 bits per heavy atom. The summed E-state index contributed by atoms with van der Waals surface area (Å²) in [6, 6.07) is 0. The van der Waals surface area contributed by atoms with Crippen molar-refractivity contribution in [3.8, 4) is 0 Å². The van der Waals surface area contributed by atoms with Crippen molar-refractivity contribution in [2.45, 2.75) is 32.7 Å². The van der Waals surface area contributed by atoms with Gasteiger partial charge in [0.25, 0.3) is 0 Å². The van der Waals surface area contributed by atoms with E-state index in [1.807, 2.05) is 13.8 Å². The fraction of sp³-hybridized carbons (Fsp3) is 0.500. The van der Waals surface area contributed by atoms with Crippen LogP contribution in [0.25, 0.3) is 0 Å². The average molecular weight is 312 g/mol. The van der Waals surface area contributed by atoms with Crippen LogP contribution in [0.2, 0.25) is 0 Å². The van der Waals surface area contributed by atoms with E-state index in [2.05, 4.69) is 24.5 Å². The summed E-state index contributed by atoms with van der Waals surface area (Å²) < 4.78 is 44.2. The zero-order valence-electron chi connectivity index (χ0n) is 12.3. The fourth-order valence-electron chi connectivity index (χ4n) is 0.540. The largest absolute Gasteiger partial charge is 0.479 e. The van der Waals surface area contributed by atoms with E-state index < -0.39 is 24.9 Å². The van der Waals surface area contributed by atoms with Gasteiger partial charge < -0.3 is 14.6 Å². The highest BCUT2D eigenvalue weighted by Gasteiger charge is 2.08. The molecule has 0 aromatic carbocycles. The highest BCUT2D eigenvalue weighted by molar-refractivity contribution is 5.74. The molecule has 0 aromatic heterocycles. The van der Waals surface area contributed by atoms with E-state index in [1.54, 1.807) is 0 Å². The predicted octanol–water partition coefficient (Wildman–Crippen LogP) is 3.60. The topological polar surface area (TPSA) is 55.8 Å². The molecule has 21 heavy (non-hydrogen) atoms. The Bertz CT molecular complexity index is 271. The molecule has 1 N–H and O–H groups in total. The standard InChI is InChI=1S/C6H8F2O.C4H5FO2.C4H10O/c1-3-5(7)9-6(8)4-2;1-2-3(5)4(6)7;1-3-5-4-2/h3-6H,1-2H2;2-3H,1H2,(H,6,7);3-4H2,1-2H3. The Kier molecular flexibility index (Phi) is 21.4. The summed E-state index contributed by atoms with van der Waals surface area (Å²) in [6.45, 7) is 14.7. The lowest BCUT2D eigenvalue weighted by Crippen LogP contribution is -2.09. The Labute approximate surface area is 123 Å². The van der Waals surface area contributed by atoms with Crippen LogP contribution < -0.4 is 0 Å². The molecule has 0 aromatic rings. The summed E-state index contributed by atoms with van der Waals surface area (Å²) in [5, 5.41) is 7.74. The van der Waals surface area contributed by atoms with Gasteiger partial charge in [0.2, 0.25) is 18.9 Å². The predicted molar refractivity (Wildman–Crippen MR) is 76.2 cm³/mol. The smallest absolute Gasteiger partial charge is 0.342 e. The molecule has 0 fully saturated rings. The molecule has 124 valence electrons. The summed E-state index contributed by atoms with van der Waals surface area (Å²) in [7, 11) is 0. The SMILES string of the molecule is C=CC(F)C(=O)O.C=CC(F)OC(F)C=C.CCOCC. The van der Waals surface area contributed by atoms with Gasteiger partial charge in [-0.15, -0.1) is 0 Å². The molecule has 7 heteroatoms. The second-order valence-electron chi connectivity index (χ2n) is 3.07. The maximum Gasteiger partial charge on any atom is 0.342 e. The Morgan fingerprint density at radius 1 is 1.05 bits per heavy atom. The highest BCUT2D eigenvalue weighted by atomic mass is 19.2. The minimum atomic E-state index is -1.92. The lowest BCUT2D eigenvalue weighted by atomic mass is 10.4. The molecule has 0 radical (unpaired) electrons. The van der Waals surface area contributed by atoms with Crippen molar-refractivity contribution in [2.24, 2.45) is 0 Å². The third kappa shape index (κ3) is 23.9. The van der Waals surface area contributed by atoms with E-state index in [9.17, 15) is 18.0 Å². The van der Waals surface area contributed by atoms with Crippen molar-refractivity contribution in [3.05, 3.63) is 38.0 Å². The summed E-state index contributed by atoms with van der Waals surface area (Å²) in [4.78, 5) is 9.48. The Balaban J connectivity index is -0.000000242. The van der Waals surface area contributed by atoms with Gasteiger partial charge in [-0.25, -0.2) is 18.0 Å². The molecular formula is C14H23F3O4. The zero-order chi connectivity index (χ0) is 17.3. The van der Waals surface area contributed by atoms with Gasteiger partial charge in [-0.2, -0.15) is 0 Å². The van der Waals surface area contributed by atoms with Crippen LogP contribution in [-0.4, -0.2) is 43.2 Å². The summed E-state index contributed by atoms with van der Waals surface area (Å²) in [6.07, 6.45) is -2.98. The van der Waals surface area contributed by atoms with Crippen molar-refractivity contribution in [3.63, 3.8) is 0 Å². The molecule has 0 rings (SSSR count). The van der Waals surface area contributed by atoms with Gasteiger partial charge in [-0.1, -0.05) is 19.7 Å². The molecule has 3 unspecified atom stereocenters. The first-order chi connectivity index (χ1) is 9.80. The van der Waals surface area contributed by atoms with Crippen LogP contribution >= 0.6 is 0 Å². The summed E-state index contributed by atoms with van der Waals surface area (Å²) in [5.41, 5.74) is 0. The monoisotopic (exact) mass is 312 g/mol. The second kappa shape index (κ2) is 18.4. The molecule has 0 spiro atoms. The minimum absolute atomic E-state index is 0.725. The van der Waals surface area contributed by atoms with Gasteiger partial charge in [0, 0.05) is 13.2 Å². The number of hydrogen-bond donors (Lipinski definition) is 1. The summed E-state index contributed by atoms with van der Waals surface area (Å²) >= 11 is 0. The summed E-state index contributed by atoms with van der Waals surface area (Å²) in [5.74, 6) is -1.49. The number of carbonyl (C=O) groups is 1. The number of carboxylic acid groups (broad SMARTS) is 1. The average Bonchev–Trinajstić information content (AvgIpc) is 2.47. The maximum atomic E-state index is 11.9. The first-order valence-electron chi connectivity index (χ1n) is 6.06. The highest BCUT2D eigenvalue weighted by Crippen LogP contribution is 2.02. The van der Waals surface area contributed by atoms with Crippen LogP contribution in [0.4, 0.5) is 13.2 Å². The second-order valence-corrected chi connectivity index (χ2v) is 3.07. The normalized spacial score (nSPS) is 13.2. The number of halogens is 3. The fourth-order valence-corrected chi connectivity index (χ4v) is 0.540. The van der Waals surface area contributed by atoms with Gasteiger partial charge in [0.15, 0.2) is 0 Å². The number of rotatable bonds is 8. The molecule has 0 aliphatic rings. The molecule has 4 nitrogen and oxygen atoms in total. The molecule has 0 aliphatic carbocycles. The minimum Gasteiger partial charge on any atom is -0.479 e.